The minimum atomic E-state index is -0.497. The number of ether oxygens (including phenoxy) is 1. The van der Waals surface area contributed by atoms with Gasteiger partial charge in [-0.1, -0.05) is 24.3 Å². The first-order valence-electron chi connectivity index (χ1n) is 7.19. The number of pyridine rings is 1. The SMILES string of the molecule is C=CCN(O)c1c2ccccc2nc2c(OC)ccc([N+](=O)[O-])c12. The van der Waals surface area contributed by atoms with Gasteiger partial charge in [0.2, 0.25) is 0 Å². The molecule has 0 saturated heterocycles. The van der Waals surface area contributed by atoms with E-state index in [2.05, 4.69) is 11.6 Å². The molecular weight excluding hydrogens is 310 g/mol. The number of para-hydroxylation sites is 1. The van der Waals surface area contributed by atoms with E-state index in [1.807, 2.05) is 6.07 Å². The molecule has 7 heteroatoms. The lowest BCUT2D eigenvalue weighted by Crippen LogP contribution is -2.19. The van der Waals surface area contributed by atoms with Gasteiger partial charge in [0.25, 0.3) is 5.69 Å². The molecule has 3 aromatic rings. The zero-order chi connectivity index (χ0) is 17.3. The van der Waals surface area contributed by atoms with Crippen molar-refractivity contribution in [1.29, 1.82) is 0 Å². The fourth-order valence-electron chi connectivity index (χ4n) is 2.73. The molecule has 0 aliphatic heterocycles. The quantitative estimate of drug-likeness (QED) is 0.333. The molecule has 1 N–H and O–H groups in total. The summed E-state index contributed by atoms with van der Waals surface area (Å²) in [6.45, 7) is 3.71. The second-order valence-corrected chi connectivity index (χ2v) is 5.12. The Morgan fingerprint density at radius 2 is 2.12 bits per heavy atom. The van der Waals surface area contributed by atoms with E-state index in [1.165, 1.54) is 25.3 Å². The zero-order valence-corrected chi connectivity index (χ0v) is 13.0. The molecule has 7 nitrogen and oxygen atoms in total. The first-order chi connectivity index (χ1) is 11.6. The van der Waals surface area contributed by atoms with Crippen molar-refractivity contribution in [2.75, 3.05) is 18.7 Å². The average Bonchev–Trinajstić information content (AvgIpc) is 2.58. The number of nitro groups is 1. The first kappa shape index (κ1) is 15.7. The molecule has 0 aliphatic rings. The highest BCUT2D eigenvalue weighted by molar-refractivity contribution is 6.12. The Balaban J connectivity index is 2.56. The topological polar surface area (TPSA) is 88.7 Å². The predicted molar refractivity (Wildman–Crippen MR) is 91.8 cm³/mol. The van der Waals surface area contributed by atoms with Gasteiger partial charge in [-0.25, -0.2) is 4.98 Å². The number of hydroxylamine groups is 1. The average molecular weight is 325 g/mol. The van der Waals surface area contributed by atoms with Crippen LogP contribution in [0.2, 0.25) is 0 Å². The number of fused-ring (bicyclic) bond motifs is 2. The number of hydrogen-bond donors (Lipinski definition) is 1. The molecule has 0 aliphatic carbocycles. The van der Waals surface area contributed by atoms with Crippen molar-refractivity contribution in [1.82, 2.24) is 4.98 Å². The fourth-order valence-corrected chi connectivity index (χ4v) is 2.73. The van der Waals surface area contributed by atoms with Crippen LogP contribution in [0, 0.1) is 10.1 Å². The summed E-state index contributed by atoms with van der Waals surface area (Å²) in [5.74, 6) is 0.398. The van der Waals surface area contributed by atoms with Gasteiger partial charge in [-0.3, -0.25) is 20.4 Å². The minimum Gasteiger partial charge on any atom is -0.494 e. The number of hydrogen-bond acceptors (Lipinski definition) is 6. The Labute approximate surface area is 137 Å². The van der Waals surface area contributed by atoms with Crippen LogP contribution in [0.5, 0.6) is 5.75 Å². The third-order valence-corrected chi connectivity index (χ3v) is 3.72. The van der Waals surface area contributed by atoms with E-state index in [0.29, 0.717) is 27.9 Å². The molecule has 0 fully saturated rings. The highest BCUT2D eigenvalue weighted by Crippen LogP contribution is 2.41. The monoisotopic (exact) mass is 325 g/mol. The van der Waals surface area contributed by atoms with Crippen molar-refractivity contribution in [3.63, 3.8) is 0 Å². The number of nitro benzene ring substituents is 1. The maximum absolute atomic E-state index is 11.5. The highest BCUT2D eigenvalue weighted by atomic mass is 16.6. The third kappa shape index (κ3) is 2.40. The molecule has 3 rings (SSSR count). The Kier molecular flexibility index (Phi) is 4.01. The van der Waals surface area contributed by atoms with Gasteiger partial charge in [-0.15, -0.1) is 6.58 Å². The minimum absolute atomic E-state index is 0.109. The highest BCUT2D eigenvalue weighted by Gasteiger charge is 2.24. The van der Waals surface area contributed by atoms with E-state index in [-0.39, 0.29) is 17.6 Å². The maximum atomic E-state index is 11.5. The van der Waals surface area contributed by atoms with Crippen LogP contribution in [0.4, 0.5) is 11.4 Å². The molecular formula is C17H15N3O4. The van der Waals surface area contributed by atoms with Crippen LogP contribution in [0.3, 0.4) is 0 Å². The van der Waals surface area contributed by atoms with Crippen molar-refractivity contribution in [2.45, 2.75) is 0 Å². The van der Waals surface area contributed by atoms with Crippen molar-refractivity contribution >= 4 is 33.2 Å². The zero-order valence-electron chi connectivity index (χ0n) is 13.0. The molecule has 0 saturated carbocycles. The Bertz CT molecular complexity index is 955. The summed E-state index contributed by atoms with van der Waals surface area (Å²) in [6, 6.07) is 9.98. The molecule has 1 aromatic heterocycles. The Morgan fingerprint density at radius 3 is 2.79 bits per heavy atom. The molecule has 0 unspecified atom stereocenters. The normalized spacial score (nSPS) is 10.8. The number of methoxy groups -OCH3 is 1. The van der Waals surface area contributed by atoms with E-state index < -0.39 is 4.92 Å². The maximum Gasteiger partial charge on any atom is 0.281 e. The smallest absolute Gasteiger partial charge is 0.281 e. The van der Waals surface area contributed by atoms with Gasteiger partial charge in [-0.05, 0) is 12.1 Å². The molecule has 0 amide bonds. The van der Waals surface area contributed by atoms with Crippen molar-refractivity contribution in [3.05, 3.63) is 59.2 Å². The van der Waals surface area contributed by atoms with E-state index in [1.54, 1.807) is 18.2 Å². The number of non-ortho nitro benzene ring substituents is 1. The summed E-state index contributed by atoms with van der Waals surface area (Å²) in [5.41, 5.74) is 1.08. The lowest BCUT2D eigenvalue weighted by atomic mass is 10.1. The predicted octanol–water partition coefficient (Wildman–Crippen LogP) is 3.69. The fraction of sp³-hybridized carbons (Fsp3) is 0.118. The number of benzene rings is 2. The molecule has 24 heavy (non-hydrogen) atoms. The van der Waals surface area contributed by atoms with Gasteiger partial charge >= 0.3 is 0 Å². The molecule has 0 bridgehead atoms. The number of rotatable bonds is 5. The van der Waals surface area contributed by atoms with Gasteiger partial charge in [0.05, 0.1) is 29.8 Å². The van der Waals surface area contributed by atoms with Crippen LogP contribution in [0.15, 0.2) is 49.1 Å². The van der Waals surface area contributed by atoms with E-state index in [0.717, 1.165) is 5.06 Å². The molecule has 122 valence electrons. The van der Waals surface area contributed by atoms with Gasteiger partial charge in [0.1, 0.15) is 16.7 Å². The van der Waals surface area contributed by atoms with Crippen LogP contribution in [-0.4, -0.2) is 28.8 Å². The second kappa shape index (κ2) is 6.13. The number of aromatic nitrogens is 1. The molecule has 2 aromatic carbocycles. The van der Waals surface area contributed by atoms with Crippen LogP contribution in [-0.2, 0) is 0 Å². The van der Waals surface area contributed by atoms with Gasteiger partial charge in [0.15, 0.2) is 0 Å². The van der Waals surface area contributed by atoms with Crippen molar-refractivity contribution in [2.24, 2.45) is 0 Å². The van der Waals surface area contributed by atoms with Gasteiger partial charge in [0, 0.05) is 11.5 Å². The largest absolute Gasteiger partial charge is 0.494 e. The summed E-state index contributed by atoms with van der Waals surface area (Å²) in [7, 11) is 1.47. The Hall–Kier alpha value is -3.19. The van der Waals surface area contributed by atoms with Crippen LogP contribution in [0.25, 0.3) is 21.8 Å². The lowest BCUT2D eigenvalue weighted by Gasteiger charge is -2.20. The van der Waals surface area contributed by atoms with Crippen LogP contribution < -0.4 is 9.80 Å². The summed E-state index contributed by atoms with van der Waals surface area (Å²) in [4.78, 5) is 15.5. The van der Waals surface area contributed by atoms with Crippen molar-refractivity contribution < 1.29 is 14.9 Å². The number of anilines is 1. The summed E-state index contributed by atoms with van der Waals surface area (Å²) in [5, 5.41) is 23.7. The Morgan fingerprint density at radius 1 is 1.38 bits per heavy atom. The van der Waals surface area contributed by atoms with E-state index in [4.69, 9.17) is 4.74 Å². The standard InChI is InChI=1S/C17H15N3O4/c1-3-10-19(21)17-11-6-4-5-7-12(11)18-16-14(24-2)9-8-13(15(16)17)20(22)23/h3-9,21H,1,10H2,2H3. The molecule has 0 atom stereocenters. The second-order valence-electron chi connectivity index (χ2n) is 5.12. The summed E-state index contributed by atoms with van der Waals surface area (Å²) in [6.07, 6.45) is 1.51. The summed E-state index contributed by atoms with van der Waals surface area (Å²) < 4.78 is 5.30. The lowest BCUT2D eigenvalue weighted by molar-refractivity contribution is -0.383. The van der Waals surface area contributed by atoms with Gasteiger partial charge < -0.3 is 4.74 Å². The summed E-state index contributed by atoms with van der Waals surface area (Å²) >= 11 is 0. The third-order valence-electron chi connectivity index (χ3n) is 3.72. The number of nitrogens with zero attached hydrogens (tertiary/aromatic N) is 3. The molecule has 0 spiro atoms. The van der Waals surface area contributed by atoms with E-state index in [9.17, 15) is 15.3 Å². The van der Waals surface area contributed by atoms with Crippen LogP contribution in [0.1, 0.15) is 0 Å². The van der Waals surface area contributed by atoms with E-state index >= 15 is 0 Å². The molecule has 1 heterocycles. The van der Waals surface area contributed by atoms with Crippen LogP contribution >= 0.6 is 0 Å². The first-order valence-corrected chi connectivity index (χ1v) is 7.19. The van der Waals surface area contributed by atoms with Gasteiger partial charge in [-0.2, -0.15) is 0 Å². The molecule has 0 radical (unpaired) electrons. The van der Waals surface area contributed by atoms with Crippen molar-refractivity contribution in [3.8, 4) is 5.75 Å².